The van der Waals surface area contributed by atoms with Gasteiger partial charge in [-0.25, -0.2) is 13.1 Å². The number of benzene rings is 1. The number of esters is 1. The Hall–Kier alpha value is -1.93. The van der Waals surface area contributed by atoms with Crippen molar-refractivity contribution in [2.75, 3.05) is 20.7 Å². The molecule has 2 rings (SSSR count). The van der Waals surface area contributed by atoms with Gasteiger partial charge in [0, 0.05) is 19.5 Å². The van der Waals surface area contributed by atoms with Crippen LogP contribution < -0.4 is 4.72 Å². The molecule has 8 heteroatoms. The number of carbonyl (C=O) groups excluding carboxylic acids is 2. The van der Waals surface area contributed by atoms with E-state index in [0.717, 1.165) is 31.2 Å². The lowest BCUT2D eigenvalue weighted by atomic mass is 9.87. The van der Waals surface area contributed by atoms with Crippen LogP contribution in [-0.2, 0) is 30.8 Å². The number of hydrogen-bond acceptors (Lipinski definition) is 5. The van der Waals surface area contributed by atoms with Crippen LogP contribution >= 0.6 is 0 Å². The molecule has 28 heavy (non-hydrogen) atoms. The van der Waals surface area contributed by atoms with Gasteiger partial charge in [-0.1, -0.05) is 19.1 Å². The minimum absolute atomic E-state index is 0.135. The highest BCUT2D eigenvalue weighted by Crippen LogP contribution is 2.26. The van der Waals surface area contributed by atoms with E-state index in [0.29, 0.717) is 12.3 Å². The minimum atomic E-state index is -3.47. The molecule has 0 radical (unpaired) electrons. The van der Waals surface area contributed by atoms with Crippen LogP contribution in [0, 0.1) is 5.92 Å². The third kappa shape index (κ3) is 6.31. The molecule has 1 aliphatic carbocycles. The van der Waals surface area contributed by atoms with Crippen molar-refractivity contribution in [2.45, 2.75) is 56.4 Å². The van der Waals surface area contributed by atoms with Gasteiger partial charge in [-0.15, -0.1) is 0 Å². The smallest absolute Gasteiger partial charge is 0.306 e. The summed E-state index contributed by atoms with van der Waals surface area (Å²) in [5.74, 6) is 0.102. The quantitative estimate of drug-likeness (QED) is 0.663. The van der Waals surface area contributed by atoms with E-state index in [9.17, 15) is 18.0 Å². The van der Waals surface area contributed by atoms with E-state index < -0.39 is 16.0 Å². The van der Waals surface area contributed by atoms with Gasteiger partial charge in [-0.05, 0) is 62.8 Å². The average molecular weight is 411 g/mol. The summed E-state index contributed by atoms with van der Waals surface area (Å²) in [6.07, 6.45) is 4.79. The fourth-order valence-electron chi connectivity index (χ4n) is 3.35. The lowest BCUT2D eigenvalue weighted by Gasteiger charge is -2.33. The van der Waals surface area contributed by atoms with Crippen LogP contribution in [0.1, 0.15) is 44.6 Å². The zero-order valence-electron chi connectivity index (χ0n) is 16.8. The third-order valence-corrected chi connectivity index (χ3v) is 6.83. The van der Waals surface area contributed by atoms with Gasteiger partial charge in [-0.3, -0.25) is 9.59 Å². The Morgan fingerprint density at radius 2 is 1.75 bits per heavy atom. The molecule has 0 spiro atoms. The number of nitrogens with one attached hydrogen (secondary N) is 1. The predicted molar refractivity (Wildman–Crippen MR) is 106 cm³/mol. The Labute approximate surface area is 167 Å². The van der Waals surface area contributed by atoms with Gasteiger partial charge in [0.05, 0.1) is 4.90 Å². The maximum absolute atomic E-state index is 12.2. The molecule has 0 saturated heterocycles. The fourth-order valence-corrected chi connectivity index (χ4v) is 4.08. The molecule has 0 atom stereocenters. The number of aryl methyl sites for hydroxylation is 1. The molecule has 7 nitrogen and oxygen atoms in total. The van der Waals surface area contributed by atoms with Crippen LogP contribution in [-0.4, -0.2) is 51.9 Å². The molecule has 1 aliphatic rings. The Kier molecular flexibility index (Phi) is 8.00. The topological polar surface area (TPSA) is 92.8 Å². The van der Waals surface area contributed by atoms with Gasteiger partial charge in [-0.2, -0.15) is 0 Å². The highest BCUT2D eigenvalue weighted by Gasteiger charge is 2.25. The van der Waals surface area contributed by atoms with Crippen molar-refractivity contribution in [3.8, 4) is 0 Å². The summed E-state index contributed by atoms with van der Waals surface area (Å²) in [5.41, 5.74) is 0.826. The molecule has 156 valence electrons. The van der Waals surface area contributed by atoms with Crippen LogP contribution in [0.5, 0.6) is 0 Å². The maximum atomic E-state index is 12.2. The van der Waals surface area contributed by atoms with Gasteiger partial charge in [0.15, 0.2) is 6.61 Å². The molecule has 0 heterocycles. The van der Waals surface area contributed by atoms with E-state index in [-0.39, 0.29) is 29.9 Å². The SMILES string of the molecule is CNS(=O)(=O)c1ccc(CCC(=O)OCC(=O)N(C)C2CCC(C)CC2)cc1. The van der Waals surface area contributed by atoms with Crippen LogP contribution in [0.4, 0.5) is 0 Å². The van der Waals surface area contributed by atoms with E-state index in [1.165, 1.54) is 19.2 Å². The number of nitrogens with zero attached hydrogens (tertiary/aromatic N) is 1. The van der Waals surface area contributed by atoms with Gasteiger partial charge in [0.1, 0.15) is 0 Å². The Balaban J connectivity index is 1.74. The highest BCUT2D eigenvalue weighted by atomic mass is 32.2. The molecule has 1 N–H and O–H groups in total. The first kappa shape index (κ1) is 22.4. The second kappa shape index (κ2) is 10.0. The second-order valence-electron chi connectivity index (χ2n) is 7.43. The summed E-state index contributed by atoms with van der Waals surface area (Å²) in [6.45, 7) is 1.99. The largest absolute Gasteiger partial charge is 0.456 e. The monoisotopic (exact) mass is 410 g/mol. The number of amides is 1. The van der Waals surface area contributed by atoms with E-state index in [1.54, 1.807) is 24.1 Å². The Morgan fingerprint density at radius 3 is 2.32 bits per heavy atom. The molecule has 1 saturated carbocycles. The standard InChI is InChI=1S/C20H30N2O5S/c1-15-4-9-17(10-5-15)22(3)19(23)14-27-20(24)13-8-16-6-11-18(12-7-16)28(25,26)21-2/h6-7,11-12,15,17,21H,4-5,8-10,13-14H2,1-3H3. The van der Waals surface area contributed by atoms with Crippen LogP contribution in [0.25, 0.3) is 0 Å². The Bertz CT molecular complexity index is 768. The van der Waals surface area contributed by atoms with Crippen molar-refractivity contribution >= 4 is 21.9 Å². The van der Waals surface area contributed by atoms with Crippen molar-refractivity contribution in [1.82, 2.24) is 9.62 Å². The molecule has 0 unspecified atom stereocenters. The minimum Gasteiger partial charge on any atom is -0.456 e. The summed E-state index contributed by atoms with van der Waals surface area (Å²) < 4.78 is 30.8. The molecule has 1 amide bonds. The molecular weight excluding hydrogens is 380 g/mol. The van der Waals surface area contributed by atoms with Crippen molar-refractivity contribution in [3.63, 3.8) is 0 Å². The van der Waals surface area contributed by atoms with Crippen LogP contribution in [0.3, 0.4) is 0 Å². The maximum Gasteiger partial charge on any atom is 0.306 e. The number of hydrogen-bond donors (Lipinski definition) is 1. The number of sulfonamides is 1. The summed E-state index contributed by atoms with van der Waals surface area (Å²) in [4.78, 5) is 26.1. The second-order valence-corrected chi connectivity index (χ2v) is 9.32. The molecule has 1 aromatic rings. The molecule has 1 aromatic carbocycles. The van der Waals surface area contributed by atoms with Gasteiger partial charge in [0.25, 0.3) is 5.91 Å². The summed E-state index contributed by atoms with van der Waals surface area (Å²) >= 11 is 0. The molecule has 0 aromatic heterocycles. The van der Waals surface area contributed by atoms with E-state index in [2.05, 4.69) is 11.6 Å². The average Bonchev–Trinajstić information content (AvgIpc) is 2.70. The van der Waals surface area contributed by atoms with Gasteiger partial charge < -0.3 is 9.64 Å². The number of likely N-dealkylation sites (N-methyl/N-ethyl adjacent to an activating group) is 1. The van der Waals surface area contributed by atoms with Gasteiger partial charge in [0.2, 0.25) is 10.0 Å². The first-order valence-electron chi connectivity index (χ1n) is 9.66. The third-order valence-electron chi connectivity index (χ3n) is 5.40. The van der Waals surface area contributed by atoms with Crippen molar-refractivity contribution in [3.05, 3.63) is 29.8 Å². The number of rotatable bonds is 8. The van der Waals surface area contributed by atoms with E-state index in [1.807, 2.05) is 0 Å². The van der Waals surface area contributed by atoms with Crippen molar-refractivity contribution in [2.24, 2.45) is 5.92 Å². The number of ether oxygens (including phenoxy) is 1. The normalized spacial score (nSPS) is 19.8. The van der Waals surface area contributed by atoms with Crippen LogP contribution in [0.15, 0.2) is 29.2 Å². The summed E-state index contributed by atoms with van der Waals surface area (Å²) in [6, 6.07) is 6.56. The molecule has 0 aliphatic heterocycles. The lowest BCUT2D eigenvalue weighted by molar-refractivity contribution is -0.152. The lowest BCUT2D eigenvalue weighted by Crippen LogP contribution is -2.41. The highest BCUT2D eigenvalue weighted by molar-refractivity contribution is 7.89. The van der Waals surface area contributed by atoms with E-state index in [4.69, 9.17) is 4.74 Å². The fraction of sp³-hybridized carbons (Fsp3) is 0.600. The first-order chi connectivity index (χ1) is 13.2. The molecule has 0 bridgehead atoms. The zero-order chi connectivity index (χ0) is 20.7. The zero-order valence-corrected chi connectivity index (χ0v) is 17.6. The van der Waals surface area contributed by atoms with Crippen LogP contribution in [0.2, 0.25) is 0 Å². The van der Waals surface area contributed by atoms with E-state index >= 15 is 0 Å². The molecule has 1 fully saturated rings. The van der Waals surface area contributed by atoms with Crippen molar-refractivity contribution in [1.29, 1.82) is 0 Å². The summed E-state index contributed by atoms with van der Waals surface area (Å²) in [5, 5.41) is 0. The summed E-state index contributed by atoms with van der Waals surface area (Å²) in [7, 11) is -0.340. The predicted octanol–water partition coefficient (Wildman–Crippen LogP) is 2.11. The Morgan fingerprint density at radius 1 is 1.14 bits per heavy atom. The first-order valence-corrected chi connectivity index (χ1v) is 11.1. The van der Waals surface area contributed by atoms with Crippen molar-refractivity contribution < 1.29 is 22.7 Å². The molecular formula is C20H30N2O5S. The number of carbonyl (C=O) groups is 2. The van der Waals surface area contributed by atoms with Gasteiger partial charge >= 0.3 is 5.97 Å².